The zero-order valence-corrected chi connectivity index (χ0v) is 13.0. The van der Waals surface area contributed by atoms with Gasteiger partial charge in [0.15, 0.2) is 0 Å². The van der Waals surface area contributed by atoms with Gasteiger partial charge in [-0.3, -0.25) is 4.79 Å². The number of halogens is 1. The van der Waals surface area contributed by atoms with Crippen molar-refractivity contribution in [1.29, 1.82) is 0 Å². The molecular formula is C15H20BrNO2. The maximum absolute atomic E-state index is 12.1. The van der Waals surface area contributed by atoms with Crippen LogP contribution in [0.1, 0.15) is 35.7 Å². The Hall–Kier alpha value is -0.870. The number of nitrogens with one attached hydrogen (secondary N) is 1. The van der Waals surface area contributed by atoms with Gasteiger partial charge in [0, 0.05) is 23.5 Å². The van der Waals surface area contributed by atoms with Crippen LogP contribution in [0.3, 0.4) is 0 Å². The minimum absolute atomic E-state index is 0.0198. The van der Waals surface area contributed by atoms with Gasteiger partial charge in [0.2, 0.25) is 0 Å². The summed E-state index contributed by atoms with van der Waals surface area (Å²) in [7, 11) is 0. The Morgan fingerprint density at radius 1 is 1.53 bits per heavy atom. The van der Waals surface area contributed by atoms with E-state index in [1.165, 1.54) is 0 Å². The first kappa shape index (κ1) is 14.5. The van der Waals surface area contributed by atoms with E-state index >= 15 is 0 Å². The molecule has 2 atom stereocenters. The van der Waals surface area contributed by atoms with Crippen LogP contribution in [0.2, 0.25) is 0 Å². The lowest BCUT2D eigenvalue weighted by molar-refractivity contribution is 0.0826. The highest BCUT2D eigenvalue weighted by Crippen LogP contribution is 2.23. The number of hydrogen-bond acceptors (Lipinski definition) is 2. The molecule has 104 valence electrons. The van der Waals surface area contributed by atoms with Crippen LogP contribution in [0.25, 0.3) is 0 Å². The zero-order valence-electron chi connectivity index (χ0n) is 11.4. The van der Waals surface area contributed by atoms with Gasteiger partial charge in [0.05, 0.1) is 11.7 Å². The molecule has 1 fully saturated rings. The van der Waals surface area contributed by atoms with Crippen molar-refractivity contribution in [2.45, 2.75) is 32.8 Å². The Morgan fingerprint density at radius 2 is 2.32 bits per heavy atom. The molecule has 1 saturated heterocycles. The number of carbonyl (C=O) groups excluding carboxylic acids is 1. The van der Waals surface area contributed by atoms with E-state index in [2.05, 4.69) is 28.2 Å². The van der Waals surface area contributed by atoms with Gasteiger partial charge in [-0.15, -0.1) is 0 Å². The molecule has 2 rings (SSSR count). The van der Waals surface area contributed by atoms with Crippen molar-refractivity contribution in [2.24, 2.45) is 5.92 Å². The van der Waals surface area contributed by atoms with Crippen molar-refractivity contribution >= 4 is 21.8 Å². The van der Waals surface area contributed by atoms with Crippen LogP contribution in [0, 0.1) is 12.8 Å². The summed E-state index contributed by atoms with van der Waals surface area (Å²) in [5, 5.41) is 3.02. The Balaban J connectivity index is 1.94. The third-order valence-corrected chi connectivity index (χ3v) is 4.30. The normalized spacial score (nSPS) is 22.5. The zero-order chi connectivity index (χ0) is 13.8. The van der Waals surface area contributed by atoms with E-state index in [4.69, 9.17) is 4.74 Å². The van der Waals surface area contributed by atoms with Crippen LogP contribution in [-0.2, 0) is 4.74 Å². The van der Waals surface area contributed by atoms with Crippen LogP contribution >= 0.6 is 15.9 Å². The molecule has 1 aliphatic rings. The molecule has 3 nitrogen and oxygen atoms in total. The predicted octanol–water partition coefficient (Wildman–Crippen LogP) is 3.30. The summed E-state index contributed by atoms with van der Waals surface area (Å²) in [5.41, 5.74) is 1.83. The maximum atomic E-state index is 12.1. The van der Waals surface area contributed by atoms with E-state index in [9.17, 15) is 4.79 Å². The highest BCUT2D eigenvalue weighted by atomic mass is 79.9. The topological polar surface area (TPSA) is 38.3 Å². The summed E-state index contributed by atoms with van der Waals surface area (Å²) in [5.74, 6) is 0.423. The fraction of sp³-hybridized carbons (Fsp3) is 0.533. The number of hydrogen-bond donors (Lipinski definition) is 1. The van der Waals surface area contributed by atoms with E-state index in [1.807, 2.05) is 25.1 Å². The summed E-state index contributed by atoms with van der Waals surface area (Å²) in [4.78, 5) is 12.1. The first-order valence-electron chi connectivity index (χ1n) is 6.77. The predicted molar refractivity (Wildman–Crippen MR) is 79.4 cm³/mol. The average Bonchev–Trinajstić information content (AvgIpc) is 2.83. The van der Waals surface area contributed by atoms with Crippen molar-refractivity contribution < 1.29 is 9.53 Å². The number of rotatable bonds is 4. The Morgan fingerprint density at radius 3 is 3.00 bits per heavy atom. The molecule has 0 radical (unpaired) electrons. The molecule has 1 aliphatic heterocycles. The summed E-state index contributed by atoms with van der Waals surface area (Å²) < 4.78 is 6.48. The Kier molecular flexibility index (Phi) is 4.99. The second-order valence-corrected chi connectivity index (χ2v) is 5.91. The van der Waals surface area contributed by atoms with E-state index in [0.29, 0.717) is 24.1 Å². The van der Waals surface area contributed by atoms with Gasteiger partial charge in [0.25, 0.3) is 5.91 Å². The first-order valence-corrected chi connectivity index (χ1v) is 7.57. The van der Waals surface area contributed by atoms with Gasteiger partial charge in [0.1, 0.15) is 0 Å². The number of benzene rings is 1. The van der Waals surface area contributed by atoms with Crippen LogP contribution in [0.4, 0.5) is 0 Å². The fourth-order valence-electron chi connectivity index (χ4n) is 2.50. The molecule has 1 aromatic rings. The highest BCUT2D eigenvalue weighted by Gasteiger charge is 2.27. The van der Waals surface area contributed by atoms with E-state index < -0.39 is 0 Å². The third-order valence-electron chi connectivity index (χ3n) is 3.64. The quantitative estimate of drug-likeness (QED) is 0.922. The lowest BCUT2D eigenvalue weighted by Crippen LogP contribution is -2.32. The Bertz CT molecular complexity index is 461. The molecule has 0 saturated carbocycles. The van der Waals surface area contributed by atoms with Gasteiger partial charge < -0.3 is 10.1 Å². The van der Waals surface area contributed by atoms with Crippen LogP contribution < -0.4 is 5.32 Å². The van der Waals surface area contributed by atoms with Crippen LogP contribution in [0.5, 0.6) is 0 Å². The number of aryl methyl sites for hydroxylation is 1. The van der Waals surface area contributed by atoms with Gasteiger partial charge in [-0.1, -0.05) is 13.0 Å². The van der Waals surface area contributed by atoms with Gasteiger partial charge in [-0.05, 0) is 53.4 Å². The lowest BCUT2D eigenvalue weighted by Gasteiger charge is -2.17. The van der Waals surface area contributed by atoms with Crippen LogP contribution in [0.15, 0.2) is 22.7 Å². The molecule has 4 heteroatoms. The van der Waals surface area contributed by atoms with E-state index in [-0.39, 0.29) is 5.91 Å². The lowest BCUT2D eigenvalue weighted by atomic mass is 9.99. The SMILES string of the molecule is CCC1OCCC1CNC(=O)c1ccc(C)cc1Br. The van der Waals surface area contributed by atoms with Crippen molar-refractivity contribution in [1.82, 2.24) is 5.32 Å². The summed E-state index contributed by atoms with van der Waals surface area (Å²) >= 11 is 3.44. The molecule has 19 heavy (non-hydrogen) atoms. The van der Waals surface area contributed by atoms with Gasteiger partial charge in [-0.2, -0.15) is 0 Å². The molecule has 0 aliphatic carbocycles. The largest absolute Gasteiger partial charge is 0.378 e. The fourth-order valence-corrected chi connectivity index (χ4v) is 3.17. The summed E-state index contributed by atoms with van der Waals surface area (Å²) in [6.45, 7) is 5.64. The molecular weight excluding hydrogens is 306 g/mol. The molecule has 0 bridgehead atoms. The molecule has 1 heterocycles. The van der Waals surface area contributed by atoms with Crippen molar-refractivity contribution in [3.63, 3.8) is 0 Å². The molecule has 1 aromatic carbocycles. The number of carbonyl (C=O) groups is 1. The molecule has 2 unspecified atom stereocenters. The highest BCUT2D eigenvalue weighted by molar-refractivity contribution is 9.10. The second-order valence-electron chi connectivity index (χ2n) is 5.06. The minimum atomic E-state index is -0.0198. The minimum Gasteiger partial charge on any atom is -0.378 e. The average molecular weight is 326 g/mol. The second kappa shape index (κ2) is 6.53. The smallest absolute Gasteiger partial charge is 0.252 e. The number of amides is 1. The van der Waals surface area contributed by atoms with Crippen molar-refractivity contribution in [3.05, 3.63) is 33.8 Å². The van der Waals surface area contributed by atoms with Gasteiger partial charge in [-0.25, -0.2) is 0 Å². The summed E-state index contributed by atoms with van der Waals surface area (Å²) in [6, 6.07) is 5.77. The Labute approximate surface area is 122 Å². The molecule has 1 amide bonds. The van der Waals surface area contributed by atoms with Crippen molar-refractivity contribution in [3.8, 4) is 0 Å². The first-order chi connectivity index (χ1) is 9.11. The monoisotopic (exact) mass is 325 g/mol. The van der Waals surface area contributed by atoms with E-state index in [0.717, 1.165) is 29.5 Å². The maximum Gasteiger partial charge on any atom is 0.252 e. The standard InChI is InChI=1S/C15H20BrNO2/c1-3-14-11(6-7-19-14)9-17-15(18)12-5-4-10(2)8-13(12)16/h4-5,8,11,14H,3,6-7,9H2,1-2H3,(H,17,18). The van der Waals surface area contributed by atoms with Gasteiger partial charge >= 0.3 is 0 Å². The molecule has 0 spiro atoms. The third kappa shape index (κ3) is 3.57. The van der Waals surface area contributed by atoms with Crippen molar-refractivity contribution in [2.75, 3.05) is 13.2 Å². The van der Waals surface area contributed by atoms with E-state index in [1.54, 1.807) is 0 Å². The molecule has 1 N–H and O–H groups in total. The number of ether oxygens (including phenoxy) is 1. The molecule has 0 aromatic heterocycles. The van der Waals surface area contributed by atoms with Crippen LogP contribution in [-0.4, -0.2) is 25.2 Å². The summed E-state index contributed by atoms with van der Waals surface area (Å²) in [6.07, 6.45) is 2.34.